The predicted octanol–water partition coefficient (Wildman–Crippen LogP) is 4.92. The van der Waals surface area contributed by atoms with Gasteiger partial charge < -0.3 is 9.47 Å². The molecule has 1 aliphatic rings. The number of hydrogen-bond acceptors (Lipinski definition) is 2. The van der Waals surface area contributed by atoms with Crippen molar-refractivity contribution in [2.24, 2.45) is 0 Å². The van der Waals surface area contributed by atoms with Crippen molar-refractivity contribution in [3.63, 3.8) is 0 Å². The van der Waals surface area contributed by atoms with Crippen LogP contribution in [0.3, 0.4) is 0 Å². The third-order valence-electron chi connectivity index (χ3n) is 5.57. The molecule has 4 nitrogen and oxygen atoms in total. The number of hydrogen-bond donors (Lipinski definition) is 0. The second-order valence-electron chi connectivity index (χ2n) is 7.35. The number of carbonyl (C=O) groups is 1. The third kappa shape index (κ3) is 3.25. The standard InChI is InChI=1S/C23H27N3O/c1-3-5-14-25-21-13-9-7-11-19(21)24-23(25)18-15-22(27)26(16-18)20-12-8-6-10-17(20)4-2/h6-13,18H,3-5,14-16H2,1-2H3/t18-/m1/s1. The van der Waals surface area contributed by atoms with E-state index in [1.165, 1.54) is 11.1 Å². The summed E-state index contributed by atoms with van der Waals surface area (Å²) in [7, 11) is 0. The molecular formula is C23H27N3O. The van der Waals surface area contributed by atoms with Gasteiger partial charge in [-0.2, -0.15) is 0 Å². The van der Waals surface area contributed by atoms with Crippen LogP contribution < -0.4 is 4.90 Å². The molecule has 1 atom stereocenters. The number of unbranched alkanes of at least 4 members (excludes halogenated alkanes) is 1. The lowest BCUT2D eigenvalue weighted by atomic mass is 10.1. The maximum Gasteiger partial charge on any atom is 0.227 e. The molecule has 1 saturated heterocycles. The molecule has 27 heavy (non-hydrogen) atoms. The Balaban J connectivity index is 1.69. The van der Waals surface area contributed by atoms with E-state index in [0.29, 0.717) is 13.0 Å². The summed E-state index contributed by atoms with van der Waals surface area (Å²) < 4.78 is 2.34. The summed E-state index contributed by atoms with van der Waals surface area (Å²) in [5.41, 5.74) is 4.50. The average molecular weight is 361 g/mol. The molecule has 0 saturated carbocycles. The summed E-state index contributed by atoms with van der Waals surface area (Å²) in [4.78, 5) is 19.8. The fraction of sp³-hybridized carbons (Fsp3) is 0.391. The van der Waals surface area contributed by atoms with E-state index in [1.54, 1.807) is 0 Å². The molecule has 0 unspecified atom stereocenters. The molecule has 1 amide bonds. The Kier molecular flexibility index (Phi) is 4.97. The minimum absolute atomic E-state index is 0.145. The van der Waals surface area contributed by atoms with E-state index in [9.17, 15) is 4.79 Å². The summed E-state index contributed by atoms with van der Waals surface area (Å²) in [6.45, 7) is 6.02. The van der Waals surface area contributed by atoms with Crippen LogP contribution >= 0.6 is 0 Å². The van der Waals surface area contributed by atoms with Gasteiger partial charge in [0.05, 0.1) is 11.0 Å². The minimum atomic E-state index is 0.145. The number of benzene rings is 2. The first-order chi connectivity index (χ1) is 13.2. The number of carbonyl (C=O) groups excluding carboxylic acids is 1. The van der Waals surface area contributed by atoms with Gasteiger partial charge in [-0.05, 0) is 36.6 Å². The zero-order chi connectivity index (χ0) is 18.8. The number of nitrogens with zero attached hydrogens (tertiary/aromatic N) is 3. The molecule has 0 radical (unpaired) electrons. The van der Waals surface area contributed by atoms with Gasteiger partial charge in [0, 0.05) is 31.1 Å². The molecule has 1 aliphatic heterocycles. The summed E-state index contributed by atoms with van der Waals surface area (Å²) in [6.07, 6.45) is 3.73. The predicted molar refractivity (Wildman–Crippen MR) is 110 cm³/mol. The van der Waals surface area contributed by atoms with Crippen molar-refractivity contribution < 1.29 is 4.79 Å². The topological polar surface area (TPSA) is 38.1 Å². The van der Waals surface area contributed by atoms with Crippen molar-refractivity contribution in [3.05, 3.63) is 59.9 Å². The first kappa shape index (κ1) is 17.8. The highest BCUT2D eigenvalue weighted by atomic mass is 16.2. The van der Waals surface area contributed by atoms with Gasteiger partial charge in [0.1, 0.15) is 5.82 Å². The number of anilines is 1. The summed E-state index contributed by atoms with van der Waals surface area (Å²) in [5, 5.41) is 0. The van der Waals surface area contributed by atoms with Crippen LogP contribution in [-0.4, -0.2) is 22.0 Å². The number of aryl methyl sites for hydroxylation is 2. The zero-order valence-corrected chi connectivity index (χ0v) is 16.2. The summed E-state index contributed by atoms with van der Waals surface area (Å²) in [5.74, 6) is 1.41. The highest BCUT2D eigenvalue weighted by Gasteiger charge is 2.35. The van der Waals surface area contributed by atoms with Crippen molar-refractivity contribution in [1.82, 2.24) is 9.55 Å². The molecule has 0 N–H and O–H groups in total. The fourth-order valence-electron chi connectivity index (χ4n) is 4.14. The van der Waals surface area contributed by atoms with Crippen molar-refractivity contribution >= 4 is 22.6 Å². The van der Waals surface area contributed by atoms with Gasteiger partial charge in [0.25, 0.3) is 0 Å². The van der Waals surface area contributed by atoms with Crippen LogP contribution in [0.2, 0.25) is 0 Å². The highest BCUT2D eigenvalue weighted by molar-refractivity contribution is 5.97. The zero-order valence-electron chi connectivity index (χ0n) is 16.2. The van der Waals surface area contributed by atoms with Crippen LogP contribution in [-0.2, 0) is 17.8 Å². The lowest BCUT2D eigenvalue weighted by Gasteiger charge is -2.20. The summed E-state index contributed by atoms with van der Waals surface area (Å²) >= 11 is 0. The third-order valence-corrected chi connectivity index (χ3v) is 5.57. The maximum atomic E-state index is 12.9. The largest absolute Gasteiger partial charge is 0.328 e. The van der Waals surface area contributed by atoms with Crippen LogP contribution in [0, 0.1) is 0 Å². The number of rotatable bonds is 6. The van der Waals surface area contributed by atoms with Gasteiger partial charge in [0.2, 0.25) is 5.91 Å². The number of imidazole rings is 1. The van der Waals surface area contributed by atoms with E-state index in [0.717, 1.165) is 42.8 Å². The Morgan fingerprint density at radius 2 is 1.85 bits per heavy atom. The molecule has 1 aromatic heterocycles. The van der Waals surface area contributed by atoms with Gasteiger partial charge in [0.15, 0.2) is 0 Å². The average Bonchev–Trinajstić information content (AvgIpc) is 3.26. The number of amides is 1. The van der Waals surface area contributed by atoms with Crippen LogP contribution in [0.5, 0.6) is 0 Å². The van der Waals surface area contributed by atoms with E-state index < -0.39 is 0 Å². The fourth-order valence-corrected chi connectivity index (χ4v) is 4.14. The van der Waals surface area contributed by atoms with Gasteiger partial charge in [-0.25, -0.2) is 4.98 Å². The van der Waals surface area contributed by atoms with E-state index in [-0.39, 0.29) is 11.8 Å². The van der Waals surface area contributed by atoms with E-state index in [1.807, 2.05) is 23.1 Å². The van der Waals surface area contributed by atoms with Crippen LogP contribution in [0.15, 0.2) is 48.5 Å². The van der Waals surface area contributed by atoms with Crippen LogP contribution in [0.25, 0.3) is 11.0 Å². The monoisotopic (exact) mass is 361 g/mol. The molecule has 0 spiro atoms. The Hall–Kier alpha value is -2.62. The molecule has 4 rings (SSSR count). The first-order valence-corrected chi connectivity index (χ1v) is 10.1. The van der Waals surface area contributed by atoms with Crippen molar-refractivity contribution in [1.29, 1.82) is 0 Å². The number of fused-ring (bicyclic) bond motifs is 1. The Morgan fingerprint density at radius 1 is 1.07 bits per heavy atom. The van der Waals surface area contributed by atoms with E-state index in [4.69, 9.17) is 4.98 Å². The van der Waals surface area contributed by atoms with Crippen molar-refractivity contribution in [2.75, 3.05) is 11.4 Å². The molecule has 1 fully saturated rings. The summed E-state index contributed by atoms with van der Waals surface area (Å²) in [6, 6.07) is 16.6. The number of aromatic nitrogens is 2. The molecule has 4 heteroatoms. The maximum absolute atomic E-state index is 12.9. The molecule has 3 aromatic rings. The molecule has 2 heterocycles. The van der Waals surface area contributed by atoms with Gasteiger partial charge in [-0.3, -0.25) is 4.79 Å². The molecule has 2 aromatic carbocycles. The quantitative estimate of drug-likeness (QED) is 0.625. The second kappa shape index (κ2) is 7.55. The Morgan fingerprint density at radius 3 is 2.67 bits per heavy atom. The molecule has 0 bridgehead atoms. The molecule has 0 aliphatic carbocycles. The van der Waals surface area contributed by atoms with E-state index in [2.05, 4.69) is 48.7 Å². The Bertz CT molecular complexity index is 959. The SMILES string of the molecule is CCCCn1c([C@@H]2CC(=O)N(c3ccccc3CC)C2)nc2ccccc21. The van der Waals surface area contributed by atoms with Crippen molar-refractivity contribution in [2.45, 2.75) is 52.0 Å². The minimum Gasteiger partial charge on any atom is -0.328 e. The number of para-hydroxylation sites is 3. The lowest BCUT2D eigenvalue weighted by molar-refractivity contribution is -0.117. The van der Waals surface area contributed by atoms with Gasteiger partial charge in [-0.1, -0.05) is 50.6 Å². The van der Waals surface area contributed by atoms with Crippen molar-refractivity contribution in [3.8, 4) is 0 Å². The van der Waals surface area contributed by atoms with Gasteiger partial charge in [-0.15, -0.1) is 0 Å². The van der Waals surface area contributed by atoms with Crippen LogP contribution in [0.4, 0.5) is 5.69 Å². The van der Waals surface area contributed by atoms with E-state index >= 15 is 0 Å². The van der Waals surface area contributed by atoms with Gasteiger partial charge >= 0.3 is 0 Å². The highest BCUT2D eigenvalue weighted by Crippen LogP contribution is 2.34. The normalized spacial score (nSPS) is 17.2. The first-order valence-electron chi connectivity index (χ1n) is 10.1. The molecule has 140 valence electrons. The second-order valence-corrected chi connectivity index (χ2v) is 7.35. The Labute approximate surface area is 160 Å². The van der Waals surface area contributed by atoms with Crippen LogP contribution in [0.1, 0.15) is 50.4 Å². The smallest absolute Gasteiger partial charge is 0.227 e. The molecular weight excluding hydrogens is 334 g/mol. The lowest BCUT2D eigenvalue weighted by Crippen LogP contribution is -2.25.